The Hall–Kier alpha value is -2.33. The summed E-state index contributed by atoms with van der Waals surface area (Å²) in [7, 11) is 3.67. The lowest BCUT2D eigenvalue weighted by Gasteiger charge is -2.21. The van der Waals surface area contributed by atoms with Crippen LogP contribution >= 0.6 is 24.0 Å². The van der Waals surface area contributed by atoms with Crippen molar-refractivity contribution in [2.24, 2.45) is 4.99 Å². The molecule has 1 aromatic carbocycles. The second-order valence-corrected chi connectivity index (χ2v) is 6.42. The van der Waals surface area contributed by atoms with Crippen molar-refractivity contribution in [3.8, 4) is 11.3 Å². The maximum atomic E-state index is 5.39. The van der Waals surface area contributed by atoms with Gasteiger partial charge < -0.3 is 24.4 Å². The van der Waals surface area contributed by atoms with E-state index in [0.717, 1.165) is 41.8 Å². The van der Waals surface area contributed by atoms with E-state index >= 15 is 0 Å². The van der Waals surface area contributed by atoms with Crippen LogP contribution in [0.5, 0.6) is 0 Å². The van der Waals surface area contributed by atoms with Crippen LogP contribution < -0.4 is 5.32 Å². The van der Waals surface area contributed by atoms with Crippen molar-refractivity contribution in [2.45, 2.75) is 13.0 Å². The van der Waals surface area contributed by atoms with Gasteiger partial charge in [-0.15, -0.1) is 24.0 Å². The summed E-state index contributed by atoms with van der Waals surface area (Å²) in [6, 6.07) is 14.0. The minimum absolute atomic E-state index is 0. The molecular weight excluding hydrogens is 481 g/mol. The quantitative estimate of drug-likeness (QED) is 0.200. The summed E-state index contributed by atoms with van der Waals surface area (Å²) in [5.41, 5.74) is 2.13. The molecule has 2 N–H and O–H groups in total. The number of nitrogens with one attached hydrogen (secondary N) is 2. The van der Waals surface area contributed by atoms with Gasteiger partial charge in [0, 0.05) is 27.1 Å². The molecule has 0 aliphatic carbocycles. The van der Waals surface area contributed by atoms with Gasteiger partial charge in [0.2, 0.25) is 0 Å². The van der Waals surface area contributed by atoms with Crippen LogP contribution in [0.3, 0.4) is 0 Å². The normalized spacial score (nSPS) is 11.2. The number of furan rings is 1. The van der Waals surface area contributed by atoms with E-state index < -0.39 is 0 Å². The van der Waals surface area contributed by atoms with Gasteiger partial charge in [-0.1, -0.05) is 30.3 Å². The van der Waals surface area contributed by atoms with Crippen LogP contribution in [0.2, 0.25) is 0 Å². The van der Waals surface area contributed by atoms with E-state index in [1.54, 1.807) is 13.4 Å². The van der Waals surface area contributed by atoms with Gasteiger partial charge in [0.05, 0.1) is 37.9 Å². The van der Waals surface area contributed by atoms with Gasteiger partial charge in [-0.25, -0.2) is 4.98 Å². The number of H-pyrrole nitrogens is 1. The standard InChI is InChI=1S/C21H27N5O2.HI/c1-26(16-20-24-15-19(25-20)17-7-4-3-5-8-17)21(23-12-14-27-2)22-11-10-18-9-6-13-28-18;/h3-9,13,15H,10-12,14,16H2,1-2H3,(H,22,23)(H,24,25);1H. The molecule has 0 amide bonds. The molecule has 29 heavy (non-hydrogen) atoms. The Labute approximate surface area is 188 Å². The van der Waals surface area contributed by atoms with Crippen LogP contribution in [0.15, 0.2) is 64.3 Å². The predicted octanol–water partition coefficient (Wildman–Crippen LogP) is 3.55. The van der Waals surface area contributed by atoms with Gasteiger partial charge >= 0.3 is 0 Å². The zero-order chi connectivity index (χ0) is 19.6. The first kappa shape index (κ1) is 23.0. The summed E-state index contributed by atoms with van der Waals surface area (Å²) in [6.07, 6.45) is 4.35. The monoisotopic (exact) mass is 509 g/mol. The highest BCUT2D eigenvalue weighted by Gasteiger charge is 2.10. The second-order valence-electron chi connectivity index (χ2n) is 6.42. The zero-order valence-electron chi connectivity index (χ0n) is 16.8. The molecule has 3 rings (SSSR count). The molecule has 7 nitrogen and oxygen atoms in total. The number of rotatable bonds is 9. The van der Waals surface area contributed by atoms with Crippen molar-refractivity contribution in [2.75, 3.05) is 33.9 Å². The maximum absolute atomic E-state index is 5.39. The summed E-state index contributed by atoms with van der Waals surface area (Å²) < 4.78 is 10.5. The summed E-state index contributed by atoms with van der Waals surface area (Å²) in [6.45, 7) is 2.52. The van der Waals surface area contributed by atoms with Gasteiger partial charge in [0.1, 0.15) is 11.6 Å². The fourth-order valence-electron chi connectivity index (χ4n) is 2.81. The summed E-state index contributed by atoms with van der Waals surface area (Å²) in [4.78, 5) is 14.6. The molecule has 0 saturated heterocycles. The fraction of sp³-hybridized carbons (Fsp3) is 0.333. The van der Waals surface area contributed by atoms with Crippen molar-refractivity contribution >= 4 is 29.9 Å². The van der Waals surface area contributed by atoms with Crippen LogP contribution in [-0.4, -0.2) is 54.7 Å². The Morgan fingerprint density at radius 3 is 2.79 bits per heavy atom. The van der Waals surface area contributed by atoms with Crippen LogP contribution in [0.4, 0.5) is 0 Å². The molecule has 0 unspecified atom stereocenters. The number of ether oxygens (including phenoxy) is 1. The van der Waals surface area contributed by atoms with Crippen LogP contribution in [-0.2, 0) is 17.7 Å². The third-order valence-electron chi connectivity index (χ3n) is 4.25. The average Bonchev–Trinajstić information content (AvgIpc) is 3.40. The van der Waals surface area contributed by atoms with Crippen molar-refractivity contribution in [1.29, 1.82) is 0 Å². The molecule has 0 spiro atoms. The van der Waals surface area contributed by atoms with Crippen molar-refractivity contribution in [3.63, 3.8) is 0 Å². The number of halogens is 1. The topological polar surface area (TPSA) is 78.7 Å². The second kappa shape index (κ2) is 12.3. The predicted molar refractivity (Wildman–Crippen MR) is 125 cm³/mol. The molecular formula is C21H28IN5O2. The molecule has 0 saturated carbocycles. The zero-order valence-corrected chi connectivity index (χ0v) is 19.1. The number of methoxy groups -OCH3 is 1. The lowest BCUT2D eigenvalue weighted by atomic mass is 10.2. The first-order chi connectivity index (χ1) is 13.8. The lowest BCUT2D eigenvalue weighted by Crippen LogP contribution is -2.40. The van der Waals surface area contributed by atoms with Gasteiger partial charge in [0.15, 0.2) is 5.96 Å². The molecule has 8 heteroatoms. The number of benzene rings is 1. The number of imidazole rings is 1. The Kier molecular flexibility index (Phi) is 9.72. The van der Waals surface area contributed by atoms with E-state index in [9.17, 15) is 0 Å². The van der Waals surface area contributed by atoms with E-state index in [4.69, 9.17) is 9.15 Å². The maximum Gasteiger partial charge on any atom is 0.194 e. The molecule has 0 aliphatic heterocycles. The fourth-order valence-corrected chi connectivity index (χ4v) is 2.81. The highest BCUT2D eigenvalue weighted by molar-refractivity contribution is 14.0. The van der Waals surface area contributed by atoms with Crippen LogP contribution in [0, 0.1) is 0 Å². The van der Waals surface area contributed by atoms with Gasteiger partial charge in [-0.05, 0) is 17.7 Å². The van der Waals surface area contributed by atoms with E-state index in [1.165, 1.54) is 0 Å². The minimum Gasteiger partial charge on any atom is -0.469 e. The molecule has 0 fully saturated rings. The molecule has 2 heterocycles. The number of aromatic nitrogens is 2. The largest absolute Gasteiger partial charge is 0.469 e. The Morgan fingerprint density at radius 2 is 2.07 bits per heavy atom. The van der Waals surface area contributed by atoms with Crippen molar-refractivity contribution in [1.82, 2.24) is 20.2 Å². The number of aromatic amines is 1. The minimum atomic E-state index is 0. The van der Waals surface area contributed by atoms with Gasteiger partial charge in [0.25, 0.3) is 0 Å². The number of guanidine groups is 1. The number of hydrogen-bond donors (Lipinski definition) is 2. The summed E-state index contributed by atoms with van der Waals surface area (Å²) in [5, 5.41) is 3.39. The third kappa shape index (κ3) is 7.21. The smallest absolute Gasteiger partial charge is 0.194 e. The Morgan fingerprint density at radius 1 is 1.24 bits per heavy atom. The lowest BCUT2D eigenvalue weighted by molar-refractivity contribution is 0.207. The van der Waals surface area contributed by atoms with E-state index in [1.807, 2.05) is 48.5 Å². The van der Waals surface area contributed by atoms with E-state index in [-0.39, 0.29) is 24.0 Å². The van der Waals surface area contributed by atoms with Crippen molar-refractivity contribution < 1.29 is 9.15 Å². The van der Waals surface area contributed by atoms with E-state index in [0.29, 0.717) is 19.7 Å². The molecule has 2 aromatic heterocycles. The highest BCUT2D eigenvalue weighted by atomic mass is 127. The number of hydrogen-bond acceptors (Lipinski definition) is 4. The SMILES string of the molecule is COCCN=C(NCCc1ccco1)N(C)Cc1ncc(-c2ccccc2)[nH]1.I. The first-order valence-electron chi connectivity index (χ1n) is 9.36. The molecule has 3 aromatic rings. The van der Waals surface area contributed by atoms with Crippen molar-refractivity contribution in [3.05, 3.63) is 66.5 Å². The molecule has 156 valence electrons. The van der Waals surface area contributed by atoms with Gasteiger partial charge in [-0.2, -0.15) is 0 Å². The van der Waals surface area contributed by atoms with Gasteiger partial charge in [-0.3, -0.25) is 4.99 Å². The molecule has 0 bridgehead atoms. The number of aliphatic imine (C=N–C) groups is 1. The average molecular weight is 509 g/mol. The Bertz CT molecular complexity index is 849. The van der Waals surface area contributed by atoms with Crippen LogP contribution in [0.1, 0.15) is 11.6 Å². The summed E-state index contributed by atoms with van der Waals surface area (Å²) >= 11 is 0. The third-order valence-corrected chi connectivity index (χ3v) is 4.25. The summed E-state index contributed by atoms with van der Waals surface area (Å²) in [5.74, 6) is 2.64. The number of nitrogens with zero attached hydrogens (tertiary/aromatic N) is 3. The Balaban J connectivity index is 0.00000300. The molecule has 0 radical (unpaired) electrons. The van der Waals surface area contributed by atoms with E-state index in [2.05, 4.69) is 32.4 Å². The molecule has 0 atom stereocenters. The highest BCUT2D eigenvalue weighted by Crippen LogP contribution is 2.16. The first-order valence-corrected chi connectivity index (χ1v) is 9.36. The molecule has 0 aliphatic rings. The van der Waals surface area contributed by atoms with Crippen LogP contribution in [0.25, 0.3) is 11.3 Å².